The third kappa shape index (κ3) is 2.31. The van der Waals surface area contributed by atoms with Crippen molar-refractivity contribution >= 4 is 23.4 Å². The van der Waals surface area contributed by atoms with Gasteiger partial charge in [0.05, 0.1) is 12.1 Å². The quantitative estimate of drug-likeness (QED) is 0.654. The second-order valence-corrected chi connectivity index (χ2v) is 4.03. The molecule has 2 N–H and O–H groups in total. The Labute approximate surface area is 103 Å². The molecule has 2 rings (SSSR count). The number of nitrogens with two attached hydrogens (primary N) is 1. The number of hydrogen-bond donors (Lipinski definition) is 1. The first-order valence-electron chi connectivity index (χ1n) is 5.04. The van der Waals surface area contributed by atoms with Gasteiger partial charge in [-0.3, -0.25) is 4.79 Å². The van der Waals surface area contributed by atoms with E-state index in [4.69, 9.17) is 22.1 Å². The van der Waals surface area contributed by atoms with Gasteiger partial charge < -0.3 is 10.5 Å². The first-order valence-corrected chi connectivity index (χ1v) is 5.41. The molecule has 1 aliphatic rings. The number of hydrogen-bond acceptors (Lipinski definition) is 4. The van der Waals surface area contributed by atoms with Crippen molar-refractivity contribution < 1.29 is 14.3 Å². The molecule has 0 amide bonds. The zero-order valence-electron chi connectivity index (χ0n) is 8.85. The summed E-state index contributed by atoms with van der Waals surface area (Å²) < 4.78 is 4.89. The van der Waals surface area contributed by atoms with Gasteiger partial charge in [0.25, 0.3) is 0 Å². The Morgan fingerprint density at radius 3 is 2.53 bits per heavy atom. The first kappa shape index (κ1) is 11.7. The normalized spacial score (nSPS) is 19.4. The van der Waals surface area contributed by atoms with Gasteiger partial charge in [0, 0.05) is 5.56 Å². The Morgan fingerprint density at radius 1 is 1.35 bits per heavy atom. The molecule has 5 heteroatoms. The summed E-state index contributed by atoms with van der Waals surface area (Å²) in [6.07, 6.45) is -0.736. The van der Waals surface area contributed by atoms with Crippen LogP contribution in [-0.4, -0.2) is 17.9 Å². The van der Waals surface area contributed by atoms with E-state index in [1.807, 2.05) is 6.07 Å². The van der Waals surface area contributed by atoms with Gasteiger partial charge in [-0.2, -0.15) is 0 Å². The minimum atomic E-state index is -0.747. The maximum atomic E-state index is 11.8. The van der Waals surface area contributed by atoms with E-state index in [0.717, 1.165) is 0 Å². The molecular weight excluding hydrogens is 242 g/mol. The smallest absolute Gasteiger partial charge is 0.352 e. The van der Waals surface area contributed by atoms with Crippen LogP contribution in [0.2, 0.25) is 0 Å². The molecule has 0 aromatic heterocycles. The fourth-order valence-electron chi connectivity index (χ4n) is 1.57. The molecule has 0 radical (unpaired) electrons. The van der Waals surface area contributed by atoms with E-state index >= 15 is 0 Å². The molecule has 1 heterocycles. The summed E-state index contributed by atoms with van der Waals surface area (Å²) >= 11 is 5.61. The minimum Gasteiger partial charge on any atom is -0.451 e. The van der Waals surface area contributed by atoms with Crippen LogP contribution in [0.3, 0.4) is 0 Å². The van der Waals surface area contributed by atoms with Crippen LogP contribution in [0.4, 0.5) is 0 Å². The van der Waals surface area contributed by atoms with Gasteiger partial charge in [-0.15, -0.1) is 0 Å². The molecule has 1 aromatic rings. The number of esters is 1. The third-order valence-corrected chi connectivity index (χ3v) is 2.87. The molecular formula is C12H10ClNO3. The monoisotopic (exact) mass is 251 g/mol. The first-order chi connectivity index (χ1) is 8.09. The highest BCUT2D eigenvalue weighted by molar-refractivity contribution is 6.42. The fraction of sp³-hybridized carbons (Fsp3) is 0.167. The molecule has 1 atom stereocenters. The van der Waals surface area contributed by atoms with Crippen molar-refractivity contribution in [2.75, 3.05) is 0 Å². The number of ketones is 1. The van der Waals surface area contributed by atoms with E-state index in [1.54, 1.807) is 24.3 Å². The van der Waals surface area contributed by atoms with Gasteiger partial charge in [-0.25, -0.2) is 4.79 Å². The standard InChI is InChI=1S/C12H10ClNO3/c13-10-11(14)9(17-12(10)16)6-8(15)7-4-2-1-3-5-7/h1-5,9H,6,14H2. The van der Waals surface area contributed by atoms with Crippen LogP contribution in [0.15, 0.2) is 41.1 Å². The lowest BCUT2D eigenvalue weighted by atomic mass is 10.0. The van der Waals surface area contributed by atoms with Crippen molar-refractivity contribution in [2.24, 2.45) is 5.73 Å². The fourth-order valence-corrected chi connectivity index (χ4v) is 1.73. The molecule has 0 saturated heterocycles. The maximum Gasteiger partial charge on any atom is 0.352 e. The number of carbonyl (C=O) groups excluding carboxylic acids is 2. The van der Waals surface area contributed by atoms with Crippen LogP contribution in [0.25, 0.3) is 0 Å². The number of cyclic esters (lactones) is 1. The molecule has 0 saturated carbocycles. The average Bonchev–Trinajstić information content (AvgIpc) is 2.58. The Bertz CT molecular complexity index is 496. The second-order valence-electron chi connectivity index (χ2n) is 3.66. The van der Waals surface area contributed by atoms with Gasteiger partial charge in [0.2, 0.25) is 0 Å². The number of halogens is 1. The van der Waals surface area contributed by atoms with Crippen molar-refractivity contribution in [3.8, 4) is 0 Å². The zero-order valence-corrected chi connectivity index (χ0v) is 9.61. The Morgan fingerprint density at radius 2 is 2.00 bits per heavy atom. The molecule has 88 valence electrons. The van der Waals surface area contributed by atoms with E-state index in [-0.39, 0.29) is 22.9 Å². The van der Waals surface area contributed by atoms with Crippen molar-refractivity contribution in [3.63, 3.8) is 0 Å². The highest BCUT2D eigenvalue weighted by atomic mass is 35.5. The van der Waals surface area contributed by atoms with Gasteiger partial charge in [-0.05, 0) is 0 Å². The molecule has 1 aromatic carbocycles. The zero-order chi connectivity index (χ0) is 12.4. The summed E-state index contributed by atoms with van der Waals surface area (Å²) in [7, 11) is 0. The van der Waals surface area contributed by atoms with Crippen LogP contribution < -0.4 is 5.73 Å². The van der Waals surface area contributed by atoms with Crippen LogP contribution in [0.1, 0.15) is 16.8 Å². The molecule has 17 heavy (non-hydrogen) atoms. The average molecular weight is 252 g/mol. The van der Waals surface area contributed by atoms with E-state index in [9.17, 15) is 9.59 Å². The Balaban J connectivity index is 2.09. The van der Waals surface area contributed by atoms with Gasteiger partial charge in [0.1, 0.15) is 5.03 Å². The number of Topliss-reactive ketones (excluding diaryl/α,β-unsaturated/α-hetero) is 1. The van der Waals surface area contributed by atoms with E-state index in [2.05, 4.69) is 0 Å². The van der Waals surface area contributed by atoms with Gasteiger partial charge >= 0.3 is 5.97 Å². The Hall–Kier alpha value is -1.81. The molecule has 1 unspecified atom stereocenters. The molecule has 0 bridgehead atoms. The summed E-state index contributed by atoms with van der Waals surface area (Å²) in [5, 5.41) is -0.129. The Kier molecular flexibility index (Phi) is 3.15. The molecule has 0 aliphatic carbocycles. The molecule has 1 aliphatic heterocycles. The lowest BCUT2D eigenvalue weighted by molar-refractivity contribution is -0.139. The van der Waals surface area contributed by atoms with Crippen LogP contribution in [0.5, 0.6) is 0 Å². The highest BCUT2D eigenvalue weighted by Crippen LogP contribution is 2.24. The predicted molar refractivity (Wildman–Crippen MR) is 62.3 cm³/mol. The highest BCUT2D eigenvalue weighted by Gasteiger charge is 2.32. The summed E-state index contributed by atoms with van der Waals surface area (Å²) in [4.78, 5) is 23.0. The number of rotatable bonds is 3. The van der Waals surface area contributed by atoms with E-state index in [1.165, 1.54) is 0 Å². The van der Waals surface area contributed by atoms with Crippen LogP contribution in [-0.2, 0) is 9.53 Å². The van der Waals surface area contributed by atoms with Crippen molar-refractivity contribution in [1.29, 1.82) is 0 Å². The van der Waals surface area contributed by atoms with Gasteiger partial charge in [0.15, 0.2) is 11.9 Å². The molecule has 0 spiro atoms. The number of carbonyl (C=O) groups is 2. The minimum absolute atomic E-state index is 0.0117. The molecule has 0 fully saturated rings. The van der Waals surface area contributed by atoms with Crippen LogP contribution >= 0.6 is 11.6 Å². The van der Waals surface area contributed by atoms with Crippen molar-refractivity contribution in [1.82, 2.24) is 0 Å². The summed E-state index contributed by atoms with van der Waals surface area (Å²) in [6.45, 7) is 0. The van der Waals surface area contributed by atoms with Crippen molar-refractivity contribution in [3.05, 3.63) is 46.6 Å². The number of ether oxygens (including phenoxy) is 1. The lowest BCUT2D eigenvalue weighted by Crippen LogP contribution is -2.21. The second kappa shape index (κ2) is 4.59. The summed E-state index contributed by atoms with van der Waals surface area (Å²) in [5.41, 5.74) is 6.27. The molecule has 4 nitrogen and oxygen atoms in total. The SMILES string of the molecule is NC1=C(Cl)C(=O)OC1CC(=O)c1ccccc1. The van der Waals surface area contributed by atoms with E-state index in [0.29, 0.717) is 5.56 Å². The largest absolute Gasteiger partial charge is 0.451 e. The lowest BCUT2D eigenvalue weighted by Gasteiger charge is -2.09. The van der Waals surface area contributed by atoms with Crippen LogP contribution in [0, 0.1) is 0 Å². The summed E-state index contributed by atoms with van der Waals surface area (Å²) in [5.74, 6) is -0.812. The van der Waals surface area contributed by atoms with Crippen molar-refractivity contribution in [2.45, 2.75) is 12.5 Å². The van der Waals surface area contributed by atoms with E-state index < -0.39 is 12.1 Å². The number of benzene rings is 1. The van der Waals surface area contributed by atoms with Gasteiger partial charge in [-0.1, -0.05) is 41.9 Å². The maximum absolute atomic E-state index is 11.8. The topological polar surface area (TPSA) is 69.4 Å². The predicted octanol–water partition coefficient (Wildman–Crippen LogP) is 1.59. The summed E-state index contributed by atoms with van der Waals surface area (Å²) in [6, 6.07) is 8.73. The third-order valence-electron chi connectivity index (χ3n) is 2.50.